The van der Waals surface area contributed by atoms with E-state index < -0.39 is 0 Å². The van der Waals surface area contributed by atoms with E-state index in [1.807, 2.05) is 83.1 Å². The van der Waals surface area contributed by atoms with Crippen molar-refractivity contribution in [3.63, 3.8) is 0 Å². The molecule has 0 aliphatic carbocycles. The van der Waals surface area contributed by atoms with Crippen molar-refractivity contribution in [2.24, 2.45) is 0 Å². The van der Waals surface area contributed by atoms with Crippen molar-refractivity contribution in [3.8, 4) is 11.3 Å². The molecule has 1 heterocycles. The van der Waals surface area contributed by atoms with Crippen LogP contribution in [-0.4, -0.2) is 15.6 Å². The maximum Gasteiger partial charge on any atom is 0.176 e. The zero-order valence-electron chi connectivity index (χ0n) is 25.8. The number of carbonyl (C=O) groups excluding carboxylic acids is 1. The Labute approximate surface area is 269 Å². The van der Waals surface area contributed by atoms with Gasteiger partial charge in [-0.1, -0.05) is 141 Å². The minimum absolute atomic E-state index is 0. The van der Waals surface area contributed by atoms with Crippen LogP contribution in [0.3, 0.4) is 0 Å². The minimum Gasteiger partial charge on any atom is -1.00 e. The third-order valence-electron chi connectivity index (χ3n) is 5.82. The molecule has 0 bridgehead atoms. The van der Waals surface area contributed by atoms with Gasteiger partial charge in [0, 0.05) is 22.2 Å². The van der Waals surface area contributed by atoms with E-state index in [-0.39, 0.29) is 30.4 Å². The van der Waals surface area contributed by atoms with Crippen molar-refractivity contribution in [2.75, 3.05) is 0 Å². The number of hydrogen-bond acceptors (Lipinski definition) is 1. The van der Waals surface area contributed by atoms with Crippen LogP contribution in [0.1, 0.15) is 69.1 Å². The van der Waals surface area contributed by atoms with Crippen molar-refractivity contribution in [1.82, 2.24) is 4.98 Å². The summed E-state index contributed by atoms with van der Waals surface area (Å²) < 4.78 is 0. The van der Waals surface area contributed by atoms with E-state index in [1.165, 1.54) is 38.9 Å². The molecule has 5 aromatic rings. The number of ketones is 1. The molecule has 0 spiro atoms. The lowest BCUT2D eigenvalue weighted by atomic mass is 10.1. The Balaban J connectivity index is 0. The highest BCUT2D eigenvalue weighted by molar-refractivity contribution is 9.10. The fraction of sp³-hybridized carbons (Fsp3) is 0.270. The highest BCUT2D eigenvalue weighted by atomic mass is 79.9. The summed E-state index contributed by atoms with van der Waals surface area (Å²) >= 11 is 3.23. The van der Waals surface area contributed by atoms with Gasteiger partial charge in [-0.15, -0.1) is 0 Å². The van der Waals surface area contributed by atoms with Gasteiger partial charge in [0.15, 0.2) is 5.78 Å². The van der Waals surface area contributed by atoms with Gasteiger partial charge in [-0.05, 0) is 63.1 Å². The molecule has 5 rings (SSSR count). The van der Waals surface area contributed by atoms with Gasteiger partial charge in [-0.3, -0.25) is 4.79 Å². The van der Waals surface area contributed by atoms with Gasteiger partial charge < -0.3 is 23.1 Å². The van der Waals surface area contributed by atoms with Gasteiger partial charge in [-0.25, -0.2) is 0 Å². The summed E-state index contributed by atoms with van der Waals surface area (Å²) in [6.07, 6.45) is 0. The zero-order chi connectivity index (χ0) is 30.1. The summed E-state index contributed by atoms with van der Waals surface area (Å²) in [4.78, 5) is 14.7. The van der Waals surface area contributed by atoms with E-state index in [0.29, 0.717) is 0 Å². The summed E-state index contributed by atoms with van der Waals surface area (Å²) in [5.74, 6) is 0.130. The Morgan fingerprint density at radius 2 is 1.21 bits per heavy atom. The summed E-state index contributed by atoms with van der Waals surface area (Å²) in [7, 11) is 0. The van der Waals surface area contributed by atoms with Crippen LogP contribution in [0, 0.1) is 20.8 Å². The molecule has 228 valence electrons. The summed E-state index contributed by atoms with van der Waals surface area (Å²) in [6, 6.07) is 34.4. The number of alkyl halides is 1. The quantitative estimate of drug-likeness (QED) is 0.152. The Kier molecular flexibility index (Phi) is 21.9. The van der Waals surface area contributed by atoms with E-state index in [9.17, 15) is 4.79 Å². The lowest BCUT2D eigenvalue weighted by molar-refractivity contribution is -0.254. The van der Waals surface area contributed by atoms with Crippen LogP contribution in [0.25, 0.3) is 22.2 Å². The average Bonchev–Trinajstić information content (AvgIpc) is 3.33. The molecule has 4 aromatic carbocycles. The van der Waals surface area contributed by atoms with Crippen LogP contribution in [0.15, 0.2) is 103 Å². The second-order valence-corrected chi connectivity index (χ2v) is 10.2. The average molecular weight is 654 g/mol. The Bertz CT molecular complexity index is 1380. The number of hydrogen-bond donors (Lipinski definition) is 2. The van der Waals surface area contributed by atoms with Crippen molar-refractivity contribution >= 4 is 38.3 Å². The first-order valence-electron chi connectivity index (χ1n) is 14.0. The molecule has 1 unspecified atom stereocenters. The molecule has 1 aromatic heterocycles. The first-order chi connectivity index (χ1) is 19.3. The molecule has 5 heteroatoms. The first kappa shape index (κ1) is 41.0. The number of halogens is 2. The molecule has 0 saturated heterocycles. The molecule has 0 aliphatic heterocycles. The minimum atomic E-state index is -0.0927. The second kappa shape index (κ2) is 22.4. The smallest absolute Gasteiger partial charge is 0.176 e. The van der Waals surface area contributed by atoms with E-state index >= 15 is 0 Å². The van der Waals surface area contributed by atoms with E-state index in [4.69, 9.17) is 0 Å². The molecule has 42 heavy (non-hydrogen) atoms. The molecule has 0 fully saturated rings. The molecule has 1 atom stereocenters. The molecule has 0 aliphatic rings. The fourth-order valence-electron chi connectivity index (χ4n) is 3.75. The number of aromatic amines is 1. The molecule has 0 radical (unpaired) electrons. The van der Waals surface area contributed by atoms with Crippen LogP contribution < -0.4 is 18.1 Å². The Hall–Kier alpha value is -3.18. The largest absolute Gasteiger partial charge is 1.00 e. The number of Topliss-reactive ketones (excluding diaryl/α,β-unsaturated/α-hetero) is 1. The highest BCUT2D eigenvalue weighted by Crippen LogP contribution is 2.29. The predicted octanol–water partition coefficient (Wildman–Crippen LogP) is 7.67. The number of quaternary nitrogens is 1. The van der Waals surface area contributed by atoms with Gasteiger partial charge in [0.2, 0.25) is 0 Å². The van der Waals surface area contributed by atoms with Crippen LogP contribution in [0.2, 0.25) is 0 Å². The van der Waals surface area contributed by atoms with E-state index in [2.05, 4.69) is 102 Å². The van der Waals surface area contributed by atoms with Crippen molar-refractivity contribution in [2.45, 2.75) is 67.6 Å². The zero-order valence-corrected chi connectivity index (χ0v) is 28.1. The van der Waals surface area contributed by atoms with Gasteiger partial charge in [0.05, 0.1) is 4.83 Å². The number of benzene rings is 4. The molecule has 4 N–H and O–H groups in total. The summed E-state index contributed by atoms with van der Waals surface area (Å²) in [6.45, 7) is 16.2. The van der Waals surface area contributed by atoms with E-state index in [1.54, 1.807) is 0 Å². The fourth-order valence-corrected chi connectivity index (χ4v) is 4.02. The lowest BCUT2D eigenvalue weighted by Crippen LogP contribution is -3.00. The third kappa shape index (κ3) is 13.2. The van der Waals surface area contributed by atoms with Gasteiger partial charge in [0.1, 0.15) is 5.69 Å². The maximum atomic E-state index is 11.3. The highest BCUT2D eigenvalue weighted by Gasteiger charge is 2.10. The van der Waals surface area contributed by atoms with Crippen LogP contribution in [-0.2, 0) is 0 Å². The van der Waals surface area contributed by atoms with Crippen molar-refractivity contribution < 1.29 is 22.9 Å². The number of aromatic nitrogens is 1. The lowest BCUT2D eigenvalue weighted by Gasteiger charge is -2.00. The standard InChI is InChI=1S/C16H15N.C9H9BrO.C7H9N.2C2H6.CH4.ClH/c1-11-8-9-15-14(10-11)12(2)16(17-15)13-6-4-3-5-7-13;1-7(10)9(11)8-5-3-2-4-6-8;1-6-2-4-7(8)5-3-6;2*1-2;;/h3-10,17H,1-2H3;2-7H,1H3;2-5H,8H2,1H3;2*1-2H3;1H4;1H. The number of nitrogens with one attached hydrogen (secondary N) is 1. The first-order valence-corrected chi connectivity index (χ1v) is 14.9. The number of fused-ring (bicyclic) bond motifs is 1. The monoisotopic (exact) mass is 652 g/mol. The maximum absolute atomic E-state index is 11.3. The van der Waals surface area contributed by atoms with Gasteiger partial charge in [-0.2, -0.15) is 0 Å². The Morgan fingerprint density at radius 3 is 1.69 bits per heavy atom. The van der Waals surface area contributed by atoms with Crippen molar-refractivity contribution in [3.05, 3.63) is 125 Å². The number of carbonyl (C=O) groups is 1. The SMILES string of the molecule is C.CC.CC.CC(Br)C(=O)c1ccccc1.Cc1ccc([NH3+])cc1.Cc1ccc2[nH]c(-c3ccccc3)c(C)c2c1.[Cl-]. The predicted molar refractivity (Wildman–Crippen MR) is 186 cm³/mol. The summed E-state index contributed by atoms with van der Waals surface area (Å²) in [5, 5.41) is 1.32. The molecular weight excluding hydrogens is 604 g/mol. The second-order valence-electron chi connectivity index (χ2n) is 8.87. The van der Waals surface area contributed by atoms with Gasteiger partial charge >= 0.3 is 0 Å². The number of aryl methyl sites for hydroxylation is 3. The van der Waals surface area contributed by atoms with Crippen LogP contribution in [0.5, 0.6) is 0 Å². The Morgan fingerprint density at radius 1 is 0.738 bits per heavy atom. The molecule has 3 nitrogen and oxygen atoms in total. The van der Waals surface area contributed by atoms with Crippen LogP contribution in [0.4, 0.5) is 5.69 Å². The van der Waals surface area contributed by atoms with E-state index in [0.717, 1.165) is 11.3 Å². The van der Waals surface area contributed by atoms with Crippen molar-refractivity contribution in [1.29, 1.82) is 0 Å². The number of H-pyrrole nitrogens is 1. The molecule has 0 amide bonds. The van der Waals surface area contributed by atoms with Gasteiger partial charge in [0.25, 0.3) is 0 Å². The molecular formula is C37H50BrClN2O. The normalized spacial score (nSPS) is 9.76. The topological polar surface area (TPSA) is 60.5 Å². The summed E-state index contributed by atoms with van der Waals surface area (Å²) in [5.41, 5.74) is 13.2. The third-order valence-corrected chi connectivity index (χ3v) is 6.23. The van der Waals surface area contributed by atoms with Crippen LogP contribution >= 0.6 is 15.9 Å². The molecule has 0 saturated carbocycles. The number of rotatable bonds is 3.